The number of hydrogen-bond acceptors (Lipinski definition) is 5. The van der Waals surface area contributed by atoms with E-state index in [1.165, 1.54) is 16.6 Å². The molecule has 1 aliphatic rings. The van der Waals surface area contributed by atoms with Crippen LogP contribution in [0.15, 0.2) is 54.9 Å². The Morgan fingerprint density at radius 2 is 1.96 bits per heavy atom. The number of rotatable bonds is 4. The molecule has 1 fully saturated rings. The molecule has 28 heavy (non-hydrogen) atoms. The Bertz CT molecular complexity index is 935. The van der Waals surface area contributed by atoms with Crippen LogP contribution in [-0.2, 0) is 0 Å². The van der Waals surface area contributed by atoms with Crippen LogP contribution in [0, 0.1) is 5.92 Å². The Hall–Kier alpha value is -2.48. The second kappa shape index (κ2) is 8.68. The monoisotopic (exact) mass is 418 g/mol. The van der Waals surface area contributed by atoms with Crippen LogP contribution >= 0.6 is 24.0 Å². The second-order valence-electron chi connectivity index (χ2n) is 6.64. The van der Waals surface area contributed by atoms with Crippen molar-refractivity contribution in [3.05, 3.63) is 71.0 Å². The van der Waals surface area contributed by atoms with Crippen molar-refractivity contribution >= 4 is 29.9 Å². The van der Waals surface area contributed by atoms with Crippen molar-refractivity contribution in [3.63, 3.8) is 0 Å². The summed E-state index contributed by atoms with van der Waals surface area (Å²) in [6, 6.07) is 15.4. The SMILES string of the molecule is Cl.NC[C@@H]1CN(C(=O)c2ccc(-n3cnnn3)cc2Cl)C[C@H]1c1ccccc1. The van der Waals surface area contributed by atoms with E-state index in [0.29, 0.717) is 35.9 Å². The molecule has 0 radical (unpaired) electrons. The van der Waals surface area contributed by atoms with Crippen LogP contribution in [0.2, 0.25) is 5.02 Å². The minimum atomic E-state index is -0.0832. The summed E-state index contributed by atoms with van der Waals surface area (Å²) in [5.41, 5.74) is 8.36. The number of tetrazole rings is 1. The van der Waals surface area contributed by atoms with Gasteiger partial charge in [-0.3, -0.25) is 4.79 Å². The number of amides is 1. The summed E-state index contributed by atoms with van der Waals surface area (Å²) in [6.45, 7) is 1.80. The Morgan fingerprint density at radius 1 is 1.18 bits per heavy atom. The van der Waals surface area contributed by atoms with Gasteiger partial charge in [0.25, 0.3) is 5.91 Å². The van der Waals surface area contributed by atoms with Crippen LogP contribution in [0.3, 0.4) is 0 Å². The van der Waals surface area contributed by atoms with Gasteiger partial charge in [-0.25, -0.2) is 4.68 Å². The highest BCUT2D eigenvalue weighted by Gasteiger charge is 2.36. The van der Waals surface area contributed by atoms with E-state index in [0.717, 1.165) is 0 Å². The zero-order chi connectivity index (χ0) is 18.8. The Balaban J connectivity index is 0.00000225. The van der Waals surface area contributed by atoms with Crippen molar-refractivity contribution in [2.24, 2.45) is 11.7 Å². The molecule has 1 amide bonds. The number of benzene rings is 2. The number of nitrogens with zero attached hydrogens (tertiary/aromatic N) is 5. The molecule has 2 N–H and O–H groups in total. The minimum Gasteiger partial charge on any atom is -0.338 e. The normalized spacial score (nSPS) is 18.7. The van der Waals surface area contributed by atoms with Crippen LogP contribution in [0.1, 0.15) is 21.8 Å². The number of likely N-dealkylation sites (tertiary alicyclic amines) is 1. The molecular weight excluding hydrogens is 399 g/mol. The maximum absolute atomic E-state index is 13.1. The quantitative estimate of drug-likeness (QED) is 0.702. The first kappa shape index (κ1) is 20.3. The molecule has 3 aromatic rings. The molecule has 2 heterocycles. The van der Waals surface area contributed by atoms with Gasteiger partial charge in [0.15, 0.2) is 0 Å². The van der Waals surface area contributed by atoms with Crippen molar-refractivity contribution in [1.82, 2.24) is 25.1 Å². The van der Waals surface area contributed by atoms with Crippen molar-refractivity contribution in [2.75, 3.05) is 19.6 Å². The van der Waals surface area contributed by atoms with Gasteiger partial charge in [0.1, 0.15) is 6.33 Å². The fourth-order valence-electron chi connectivity index (χ4n) is 3.62. The molecule has 2 aromatic carbocycles. The van der Waals surface area contributed by atoms with Crippen LogP contribution in [-0.4, -0.2) is 50.6 Å². The molecule has 1 aliphatic heterocycles. The van der Waals surface area contributed by atoms with E-state index in [2.05, 4.69) is 27.7 Å². The van der Waals surface area contributed by atoms with Gasteiger partial charge in [0.05, 0.1) is 16.3 Å². The molecular formula is C19H20Cl2N6O. The van der Waals surface area contributed by atoms with E-state index >= 15 is 0 Å². The van der Waals surface area contributed by atoms with Gasteiger partial charge in [0, 0.05) is 19.0 Å². The van der Waals surface area contributed by atoms with Gasteiger partial charge in [-0.05, 0) is 46.7 Å². The number of aromatic nitrogens is 4. The molecule has 4 rings (SSSR count). The lowest BCUT2D eigenvalue weighted by Crippen LogP contribution is -2.30. The van der Waals surface area contributed by atoms with Crippen molar-refractivity contribution in [1.29, 1.82) is 0 Å². The Morgan fingerprint density at radius 3 is 2.61 bits per heavy atom. The highest BCUT2D eigenvalue weighted by atomic mass is 35.5. The minimum absolute atomic E-state index is 0. The Labute approximate surface area is 173 Å². The first-order chi connectivity index (χ1) is 13.2. The van der Waals surface area contributed by atoms with Gasteiger partial charge in [0.2, 0.25) is 0 Å². The van der Waals surface area contributed by atoms with E-state index in [1.807, 2.05) is 23.1 Å². The number of carbonyl (C=O) groups is 1. The summed E-state index contributed by atoms with van der Waals surface area (Å²) < 4.78 is 1.49. The maximum Gasteiger partial charge on any atom is 0.255 e. The molecule has 7 nitrogen and oxygen atoms in total. The molecule has 0 aliphatic carbocycles. The first-order valence-electron chi connectivity index (χ1n) is 8.74. The lowest BCUT2D eigenvalue weighted by molar-refractivity contribution is 0.0786. The van der Waals surface area contributed by atoms with E-state index < -0.39 is 0 Å². The summed E-state index contributed by atoms with van der Waals surface area (Å²) in [7, 11) is 0. The second-order valence-corrected chi connectivity index (χ2v) is 7.05. The van der Waals surface area contributed by atoms with E-state index in [9.17, 15) is 4.79 Å². The molecule has 2 atom stereocenters. The molecule has 146 valence electrons. The summed E-state index contributed by atoms with van der Waals surface area (Å²) in [4.78, 5) is 14.9. The van der Waals surface area contributed by atoms with Crippen molar-refractivity contribution < 1.29 is 4.79 Å². The summed E-state index contributed by atoms with van der Waals surface area (Å²) >= 11 is 6.39. The third-order valence-corrected chi connectivity index (χ3v) is 5.37. The largest absolute Gasteiger partial charge is 0.338 e. The van der Waals surface area contributed by atoms with E-state index in [4.69, 9.17) is 17.3 Å². The van der Waals surface area contributed by atoms with Crippen LogP contribution < -0.4 is 5.73 Å². The number of hydrogen-bond donors (Lipinski definition) is 1. The van der Waals surface area contributed by atoms with Crippen LogP contribution in [0.5, 0.6) is 0 Å². The average Bonchev–Trinajstić information content (AvgIpc) is 3.38. The fourth-order valence-corrected chi connectivity index (χ4v) is 3.88. The lowest BCUT2D eigenvalue weighted by atomic mass is 9.89. The molecule has 0 spiro atoms. The van der Waals surface area contributed by atoms with Gasteiger partial charge < -0.3 is 10.6 Å². The van der Waals surface area contributed by atoms with Gasteiger partial charge in [-0.1, -0.05) is 41.9 Å². The molecule has 1 saturated heterocycles. The van der Waals surface area contributed by atoms with Gasteiger partial charge >= 0.3 is 0 Å². The third kappa shape index (κ3) is 3.87. The van der Waals surface area contributed by atoms with Gasteiger partial charge in [-0.15, -0.1) is 17.5 Å². The highest BCUT2D eigenvalue weighted by Crippen LogP contribution is 2.33. The summed E-state index contributed by atoms with van der Waals surface area (Å²) in [5.74, 6) is 0.384. The number of nitrogens with two attached hydrogens (primary N) is 1. The Kier molecular flexibility index (Phi) is 6.28. The number of halogens is 2. The molecule has 0 bridgehead atoms. The average molecular weight is 419 g/mol. The van der Waals surface area contributed by atoms with Gasteiger partial charge in [-0.2, -0.15) is 0 Å². The maximum atomic E-state index is 13.1. The first-order valence-corrected chi connectivity index (χ1v) is 9.12. The molecule has 0 unspecified atom stereocenters. The molecule has 0 saturated carbocycles. The molecule has 9 heteroatoms. The van der Waals surface area contributed by atoms with E-state index in [1.54, 1.807) is 18.2 Å². The van der Waals surface area contributed by atoms with E-state index in [-0.39, 0.29) is 30.2 Å². The van der Waals surface area contributed by atoms with Crippen molar-refractivity contribution in [2.45, 2.75) is 5.92 Å². The predicted molar refractivity (Wildman–Crippen MR) is 109 cm³/mol. The number of carbonyl (C=O) groups excluding carboxylic acids is 1. The summed E-state index contributed by atoms with van der Waals surface area (Å²) in [5, 5.41) is 11.4. The molecule has 1 aromatic heterocycles. The zero-order valence-corrected chi connectivity index (χ0v) is 16.6. The standard InChI is InChI=1S/C19H19ClN6O.ClH/c20-18-8-15(26-12-22-23-24-26)6-7-16(18)19(27)25-10-14(9-21)17(11-25)13-4-2-1-3-5-13;/h1-8,12,14,17H,9-11,21H2;1H/t14-,17+;/m1./s1. The van der Waals surface area contributed by atoms with Crippen molar-refractivity contribution in [3.8, 4) is 5.69 Å². The highest BCUT2D eigenvalue weighted by molar-refractivity contribution is 6.34. The van der Waals surface area contributed by atoms with Crippen LogP contribution in [0.4, 0.5) is 0 Å². The zero-order valence-electron chi connectivity index (χ0n) is 15.0. The third-order valence-electron chi connectivity index (χ3n) is 5.06. The smallest absolute Gasteiger partial charge is 0.255 e. The summed E-state index contributed by atoms with van der Waals surface area (Å²) in [6.07, 6.45) is 1.48. The predicted octanol–water partition coefficient (Wildman–Crippen LogP) is 2.55. The topological polar surface area (TPSA) is 89.9 Å². The lowest BCUT2D eigenvalue weighted by Gasteiger charge is -2.18. The van der Waals surface area contributed by atoms with Crippen LogP contribution in [0.25, 0.3) is 5.69 Å². The fraction of sp³-hybridized carbons (Fsp3) is 0.263.